The SMILES string of the molecule is CC[C@H](CO)NC(=O)Nc1ccc(N2CCCC2)nc1. The van der Waals surface area contributed by atoms with Gasteiger partial charge in [0.05, 0.1) is 24.5 Å². The van der Waals surface area contributed by atoms with Crippen molar-refractivity contribution in [2.75, 3.05) is 29.9 Å². The molecule has 0 aromatic carbocycles. The summed E-state index contributed by atoms with van der Waals surface area (Å²) in [6, 6.07) is 3.23. The summed E-state index contributed by atoms with van der Waals surface area (Å²) in [5.41, 5.74) is 0.651. The third-order valence-electron chi connectivity index (χ3n) is 3.48. The topological polar surface area (TPSA) is 77.5 Å². The van der Waals surface area contributed by atoms with Gasteiger partial charge in [0.2, 0.25) is 0 Å². The van der Waals surface area contributed by atoms with Gasteiger partial charge < -0.3 is 20.6 Å². The molecule has 0 bridgehead atoms. The van der Waals surface area contributed by atoms with E-state index < -0.39 is 0 Å². The minimum absolute atomic E-state index is 0.0595. The van der Waals surface area contributed by atoms with Crippen LogP contribution in [-0.4, -0.2) is 41.9 Å². The summed E-state index contributed by atoms with van der Waals surface area (Å²) in [6.45, 7) is 3.95. The van der Waals surface area contributed by atoms with Gasteiger partial charge in [-0.25, -0.2) is 9.78 Å². The smallest absolute Gasteiger partial charge is 0.319 e. The summed E-state index contributed by atoms with van der Waals surface area (Å²) in [5.74, 6) is 0.954. The van der Waals surface area contributed by atoms with Crippen molar-refractivity contribution in [2.45, 2.75) is 32.2 Å². The molecule has 1 aliphatic heterocycles. The molecule has 1 aliphatic rings. The Morgan fingerprint density at radius 1 is 1.45 bits per heavy atom. The lowest BCUT2D eigenvalue weighted by Crippen LogP contribution is -2.39. The van der Waals surface area contributed by atoms with Crippen LogP contribution in [0.4, 0.5) is 16.3 Å². The maximum Gasteiger partial charge on any atom is 0.319 e. The third kappa shape index (κ3) is 3.84. The van der Waals surface area contributed by atoms with Crippen LogP contribution >= 0.6 is 0 Å². The monoisotopic (exact) mass is 278 g/mol. The lowest BCUT2D eigenvalue weighted by Gasteiger charge is -2.17. The number of nitrogens with one attached hydrogen (secondary N) is 2. The second-order valence-electron chi connectivity index (χ2n) is 4.99. The minimum Gasteiger partial charge on any atom is -0.394 e. The number of pyridine rings is 1. The average molecular weight is 278 g/mol. The number of aliphatic hydroxyl groups excluding tert-OH is 1. The van der Waals surface area contributed by atoms with Gasteiger partial charge in [-0.05, 0) is 31.4 Å². The van der Waals surface area contributed by atoms with Gasteiger partial charge in [-0.3, -0.25) is 0 Å². The van der Waals surface area contributed by atoms with Gasteiger partial charge >= 0.3 is 6.03 Å². The molecule has 1 saturated heterocycles. The fraction of sp³-hybridized carbons (Fsp3) is 0.571. The van der Waals surface area contributed by atoms with Crippen LogP contribution in [0, 0.1) is 0 Å². The molecule has 1 atom stereocenters. The third-order valence-corrected chi connectivity index (χ3v) is 3.48. The van der Waals surface area contributed by atoms with E-state index in [-0.39, 0.29) is 18.7 Å². The zero-order valence-corrected chi connectivity index (χ0v) is 11.8. The van der Waals surface area contributed by atoms with E-state index in [0.717, 1.165) is 18.9 Å². The normalized spacial score (nSPS) is 16.0. The lowest BCUT2D eigenvalue weighted by atomic mass is 10.2. The van der Waals surface area contributed by atoms with Crippen molar-refractivity contribution in [3.8, 4) is 0 Å². The molecular formula is C14H22N4O2. The summed E-state index contributed by atoms with van der Waals surface area (Å²) < 4.78 is 0. The van der Waals surface area contributed by atoms with Crippen molar-refractivity contribution in [3.63, 3.8) is 0 Å². The largest absolute Gasteiger partial charge is 0.394 e. The molecular weight excluding hydrogens is 256 g/mol. The molecule has 20 heavy (non-hydrogen) atoms. The van der Waals surface area contributed by atoms with Crippen LogP contribution in [-0.2, 0) is 0 Å². The van der Waals surface area contributed by atoms with Crippen molar-refractivity contribution in [1.82, 2.24) is 10.3 Å². The summed E-state index contributed by atoms with van der Waals surface area (Å²) in [4.78, 5) is 18.3. The number of carbonyl (C=O) groups excluding carboxylic acids is 1. The summed E-state index contributed by atoms with van der Waals surface area (Å²) >= 11 is 0. The van der Waals surface area contributed by atoms with Crippen molar-refractivity contribution >= 4 is 17.5 Å². The molecule has 6 nitrogen and oxygen atoms in total. The van der Waals surface area contributed by atoms with E-state index in [1.54, 1.807) is 6.20 Å². The van der Waals surface area contributed by atoms with Crippen LogP contribution in [0.25, 0.3) is 0 Å². The van der Waals surface area contributed by atoms with Gasteiger partial charge in [0.1, 0.15) is 5.82 Å². The highest BCUT2D eigenvalue weighted by molar-refractivity contribution is 5.89. The molecule has 6 heteroatoms. The second-order valence-corrected chi connectivity index (χ2v) is 4.99. The highest BCUT2D eigenvalue weighted by atomic mass is 16.3. The maximum atomic E-state index is 11.7. The van der Waals surface area contributed by atoms with Gasteiger partial charge in [0.15, 0.2) is 0 Å². The molecule has 2 amide bonds. The molecule has 1 fully saturated rings. The van der Waals surface area contributed by atoms with Crippen molar-refractivity contribution in [3.05, 3.63) is 18.3 Å². The summed E-state index contributed by atoms with van der Waals surface area (Å²) in [5, 5.41) is 14.5. The van der Waals surface area contributed by atoms with E-state index in [2.05, 4.69) is 20.5 Å². The van der Waals surface area contributed by atoms with Gasteiger partial charge in [0.25, 0.3) is 0 Å². The zero-order valence-electron chi connectivity index (χ0n) is 11.8. The first-order chi connectivity index (χ1) is 9.72. The van der Waals surface area contributed by atoms with E-state index >= 15 is 0 Å². The Labute approximate surface area is 119 Å². The lowest BCUT2D eigenvalue weighted by molar-refractivity contribution is 0.222. The Kier molecular flexibility index (Phi) is 5.17. The van der Waals surface area contributed by atoms with Crippen molar-refractivity contribution < 1.29 is 9.90 Å². The Balaban J connectivity index is 1.88. The van der Waals surface area contributed by atoms with Crippen LogP contribution in [0.5, 0.6) is 0 Å². The molecule has 0 radical (unpaired) electrons. The Hall–Kier alpha value is -1.82. The molecule has 0 saturated carbocycles. The summed E-state index contributed by atoms with van der Waals surface area (Å²) in [7, 11) is 0. The number of urea groups is 1. The van der Waals surface area contributed by atoms with Gasteiger partial charge in [-0.1, -0.05) is 6.92 Å². The van der Waals surface area contributed by atoms with Crippen LogP contribution in [0.3, 0.4) is 0 Å². The highest BCUT2D eigenvalue weighted by Gasteiger charge is 2.13. The number of hydrogen-bond acceptors (Lipinski definition) is 4. The number of aromatic nitrogens is 1. The quantitative estimate of drug-likeness (QED) is 0.764. The van der Waals surface area contributed by atoms with E-state index in [0.29, 0.717) is 12.1 Å². The first-order valence-electron chi connectivity index (χ1n) is 7.12. The highest BCUT2D eigenvalue weighted by Crippen LogP contribution is 2.18. The fourth-order valence-corrected chi connectivity index (χ4v) is 2.22. The van der Waals surface area contributed by atoms with Gasteiger partial charge in [-0.2, -0.15) is 0 Å². The first-order valence-corrected chi connectivity index (χ1v) is 7.12. The van der Waals surface area contributed by atoms with E-state index in [4.69, 9.17) is 5.11 Å². The fourth-order valence-electron chi connectivity index (χ4n) is 2.22. The summed E-state index contributed by atoms with van der Waals surface area (Å²) in [6.07, 6.45) is 4.77. The molecule has 1 aromatic rings. The molecule has 2 rings (SSSR count). The molecule has 110 valence electrons. The number of hydrogen-bond donors (Lipinski definition) is 3. The van der Waals surface area contributed by atoms with Crippen LogP contribution in [0.15, 0.2) is 18.3 Å². The van der Waals surface area contributed by atoms with Crippen LogP contribution in [0.1, 0.15) is 26.2 Å². The second kappa shape index (κ2) is 7.09. The molecule has 2 heterocycles. The van der Waals surface area contributed by atoms with E-state index in [1.807, 2.05) is 19.1 Å². The molecule has 3 N–H and O–H groups in total. The van der Waals surface area contributed by atoms with Crippen LogP contribution < -0.4 is 15.5 Å². The Bertz CT molecular complexity index is 425. The van der Waals surface area contributed by atoms with Gasteiger partial charge in [0, 0.05) is 13.1 Å². The minimum atomic E-state index is -0.318. The predicted molar refractivity (Wildman–Crippen MR) is 79.0 cm³/mol. The molecule has 1 aromatic heterocycles. The van der Waals surface area contributed by atoms with E-state index in [1.165, 1.54) is 12.8 Å². The van der Waals surface area contributed by atoms with Crippen molar-refractivity contribution in [2.24, 2.45) is 0 Å². The van der Waals surface area contributed by atoms with E-state index in [9.17, 15) is 4.79 Å². The maximum absolute atomic E-state index is 11.7. The number of carbonyl (C=O) groups is 1. The average Bonchev–Trinajstić information content (AvgIpc) is 2.99. The molecule has 0 spiro atoms. The van der Waals surface area contributed by atoms with Crippen LogP contribution in [0.2, 0.25) is 0 Å². The van der Waals surface area contributed by atoms with Crippen molar-refractivity contribution in [1.29, 1.82) is 0 Å². The number of nitrogens with zero attached hydrogens (tertiary/aromatic N) is 2. The number of aliphatic hydroxyl groups is 1. The Morgan fingerprint density at radius 3 is 2.75 bits per heavy atom. The molecule has 0 aliphatic carbocycles. The molecule has 0 unspecified atom stereocenters. The van der Waals surface area contributed by atoms with Gasteiger partial charge in [-0.15, -0.1) is 0 Å². The zero-order chi connectivity index (χ0) is 14.4. The number of amides is 2. The standard InChI is InChI=1S/C14H22N4O2/c1-2-11(10-19)16-14(20)17-12-5-6-13(15-9-12)18-7-3-4-8-18/h5-6,9,11,19H,2-4,7-8,10H2,1H3,(H2,16,17,20)/t11-/m1/s1. The number of rotatable bonds is 5. The predicted octanol–water partition coefficient (Wildman–Crippen LogP) is 1.57. The Morgan fingerprint density at radius 2 is 2.20 bits per heavy atom. The number of anilines is 2. The first kappa shape index (κ1) is 14.6.